The molecule has 0 aromatic carbocycles. The lowest BCUT2D eigenvalue weighted by Gasteiger charge is -2.37. The van der Waals surface area contributed by atoms with Crippen LogP contribution in [0.1, 0.15) is 96.8 Å². The SMILES string of the molecule is CCCCCCC[C@H]1CC[C@H]([C@H]2CC[C@H](C(=O)OCC(F)F)CC2)CC1. The molecular formula is C22H38F2O2. The van der Waals surface area contributed by atoms with Gasteiger partial charge < -0.3 is 4.74 Å². The van der Waals surface area contributed by atoms with Gasteiger partial charge in [-0.25, -0.2) is 8.78 Å². The van der Waals surface area contributed by atoms with Gasteiger partial charge in [-0.2, -0.15) is 0 Å². The highest BCUT2D eigenvalue weighted by molar-refractivity contribution is 5.72. The summed E-state index contributed by atoms with van der Waals surface area (Å²) in [7, 11) is 0. The van der Waals surface area contributed by atoms with E-state index in [2.05, 4.69) is 6.92 Å². The van der Waals surface area contributed by atoms with Crippen LogP contribution in [0.3, 0.4) is 0 Å². The molecular weight excluding hydrogens is 334 g/mol. The molecule has 0 aromatic heterocycles. The van der Waals surface area contributed by atoms with Crippen LogP contribution < -0.4 is 0 Å². The van der Waals surface area contributed by atoms with Crippen molar-refractivity contribution in [3.8, 4) is 0 Å². The summed E-state index contributed by atoms with van der Waals surface area (Å²) >= 11 is 0. The van der Waals surface area contributed by atoms with Gasteiger partial charge in [-0.1, -0.05) is 58.3 Å². The van der Waals surface area contributed by atoms with Crippen LogP contribution in [0.25, 0.3) is 0 Å². The quantitative estimate of drug-likeness (QED) is 0.312. The first kappa shape index (κ1) is 21.6. The van der Waals surface area contributed by atoms with E-state index < -0.39 is 19.0 Å². The summed E-state index contributed by atoms with van der Waals surface area (Å²) in [5.41, 5.74) is 0. The molecule has 0 unspecified atom stereocenters. The maximum absolute atomic E-state index is 12.2. The molecule has 2 saturated carbocycles. The van der Waals surface area contributed by atoms with Crippen LogP contribution in [0.15, 0.2) is 0 Å². The van der Waals surface area contributed by atoms with Crippen LogP contribution >= 0.6 is 0 Å². The molecule has 2 fully saturated rings. The minimum Gasteiger partial charge on any atom is -0.459 e. The van der Waals surface area contributed by atoms with Gasteiger partial charge in [-0.3, -0.25) is 4.79 Å². The number of hydrogen-bond donors (Lipinski definition) is 0. The van der Waals surface area contributed by atoms with E-state index in [1.54, 1.807) is 0 Å². The fraction of sp³-hybridized carbons (Fsp3) is 0.955. The third kappa shape index (κ3) is 7.52. The van der Waals surface area contributed by atoms with Crippen molar-refractivity contribution >= 4 is 5.97 Å². The van der Waals surface area contributed by atoms with Gasteiger partial charge in [0.2, 0.25) is 0 Å². The molecule has 26 heavy (non-hydrogen) atoms. The molecule has 4 heteroatoms. The Morgan fingerprint density at radius 2 is 1.46 bits per heavy atom. The van der Waals surface area contributed by atoms with Crippen molar-refractivity contribution in [3.63, 3.8) is 0 Å². The van der Waals surface area contributed by atoms with Crippen LogP contribution in [0.2, 0.25) is 0 Å². The van der Waals surface area contributed by atoms with Gasteiger partial charge in [-0.15, -0.1) is 0 Å². The molecule has 0 N–H and O–H groups in total. The molecule has 0 bridgehead atoms. The number of alkyl halides is 2. The molecule has 0 radical (unpaired) electrons. The van der Waals surface area contributed by atoms with Gasteiger partial charge in [0.15, 0.2) is 6.61 Å². The number of halogens is 2. The van der Waals surface area contributed by atoms with Crippen molar-refractivity contribution in [2.75, 3.05) is 6.61 Å². The number of esters is 1. The maximum Gasteiger partial charge on any atom is 0.309 e. The van der Waals surface area contributed by atoms with Crippen LogP contribution in [-0.4, -0.2) is 19.0 Å². The van der Waals surface area contributed by atoms with Crippen molar-refractivity contribution in [2.24, 2.45) is 23.7 Å². The number of carbonyl (C=O) groups excluding carboxylic acids is 1. The average Bonchev–Trinajstić information content (AvgIpc) is 2.66. The predicted molar refractivity (Wildman–Crippen MR) is 101 cm³/mol. The minimum atomic E-state index is -2.56. The van der Waals surface area contributed by atoms with Crippen LogP contribution in [0.4, 0.5) is 8.78 Å². The number of rotatable bonds is 10. The Labute approximate surface area is 158 Å². The van der Waals surface area contributed by atoms with Crippen molar-refractivity contribution in [1.29, 1.82) is 0 Å². The molecule has 0 heterocycles. The summed E-state index contributed by atoms with van der Waals surface area (Å²) in [4.78, 5) is 11.8. The van der Waals surface area contributed by atoms with E-state index in [0.717, 1.165) is 43.4 Å². The summed E-state index contributed by atoms with van der Waals surface area (Å²) in [5, 5.41) is 0. The molecule has 0 aromatic rings. The second-order valence-corrected chi connectivity index (χ2v) is 8.62. The predicted octanol–water partition coefficient (Wildman–Crippen LogP) is 6.77. The highest BCUT2D eigenvalue weighted by Crippen LogP contribution is 2.42. The zero-order valence-electron chi connectivity index (χ0n) is 16.6. The van der Waals surface area contributed by atoms with E-state index >= 15 is 0 Å². The maximum atomic E-state index is 12.2. The highest BCUT2D eigenvalue weighted by Gasteiger charge is 2.33. The smallest absolute Gasteiger partial charge is 0.309 e. The third-order valence-electron chi connectivity index (χ3n) is 6.73. The van der Waals surface area contributed by atoms with E-state index in [9.17, 15) is 13.6 Å². The lowest BCUT2D eigenvalue weighted by molar-refractivity contribution is -0.154. The Morgan fingerprint density at radius 1 is 0.885 bits per heavy atom. The van der Waals surface area contributed by atoms with Crippen LogP contribution in [0.5, 0.6) is 0 Å². The number of unbranched alkanes of at least 4 members (excludes halogenated alkanes) is 4. The summed E-state index contributed by atoms with van der Waals surface area (Å²) < 4.78 is 29.0. The normalized spacial score (nSPS) is 29.7. The summed E-state index contributed by atoms with van der Waals surface area (Å²) in [6.07, 6.45) is 15.0. The topological polar surface area (TPSA) is 26.3 Å². The van der Waals surface area contributed by atoms with Crippen molar-refractivity contribution in [3.05, 3.63) is 0 Å². The zero-order valence-corrected chi connectivity index (χ0v) is 16.6. The summed E-state index contributed by atoms with van der Waals surface area (Å²) in [6, 6.07) is 0. The van der Waals surface area contributed by atoms with E-state index in [-0.39, 0.29) is 5.92 Å². The molecule has 2 aliphatic rings. The Hall–Kier alpha value is -0.670. The molecule has 0 amide bonds. The third-order valence-corrected chi connectivity index (χ3v) is 6.73. The largest absolute Gasteiger partial charge is 0.459 e. The van der Waals surface area contributed by atoms with E-state index in [1.165, 1.54) is 64.2 Å². The molecule has 2 nitrogen and oxygen atoms in total. The van der Waals surface area contributed by atoms with Crippen molar-refractivity contribution in [1.82, 2.24) is 0 Å². The lowest BCUT2D eigenvalue weighted by atomic mass is 9.68. The van der Waals surface area contributed by atoms with Crippen molar-refractivity contribution < 1.29 is 18.3 Å². The standard InChI is InChI=1S/C22H38F2O2/c1-2-3-4-5-6-7-17-8-10-18(11-9-17)19-12-14-20(15-13-19)22(25)26-16-21(23)24/h17-21H,2-16H2,1H3/t17-,18-,19-,20-. The van der Waals surface area contributed by atoms with Gasteiger partial charge in [0.05, 0.1) is 5.92 Å². The van der Waals surface area contributed by atoms with E-state index in [4.69, 9.17) is 4.74 Å². The van der Waals surface area contributed by atoms with Crippen LogP contribution in [0, 0.1) is 23.7 Å². The molecule has 0 spiro atoms. The molecule has 2 rings (SSSR count). The first-order valence-electron chi connectivity index (χ1n) is 11.0. The molecule has 0 atom stereocenters. The Bertz CT molecular complexity index is 384. The van der Waals surface area contributed by atoms with E-state index in [0.29, 0.717) is 0 Å². The monoisotopic (exact) mass is 372 g/mol. The lowest BCUT2D eigenvalue weighted by Crippen LogP contribution is -2.29. The zero-order chi connectivity index (χ0) is 18.8. The number of carbonyl (C=O) groups is 1. The fourth-order valence-electron chi connectivity index (χ4n) is 5.07. The fourth-order valence-corrected chi connectivity index (χ4v) is 5.07. The molecule has 152 valence electrons. The highest BCUT2D eigenvalue weighted by atomic mass is 19.3. The molecule has 0 saturated heterocycles. The van der Waals surface area contributed by atoms with Crippen LogP contribution in [-0.2, 0) is 9.53 Å². The minimum absolute atomic E-state index is 0.149. The molecule has 0 aliphatic heterocycles. The Kier molecular flexibility index (Phi) is 9.92. The Balaban J connectivity index is 1.58. The number of ether oxygens (including phenoxy) is 1. The number of hydrogen-bond acceptors (Lipinski definition) is 2. The van der Waals surface area contributed by atoms with E-state index in [1.807, 2.05) is 0 Å². The second kappa shape index (κ2) is 11.9. The first-order valence-corrected chi connectivity index (χ1v) is 11.0. The second-order valence-electron chi connectivity index (χ2n) is 8.62. The van der Waals surface area contributed by atoms with Gasteiger partial charge in [-0.05, 0) is 56.3 Å². The van der Waals surface area contributed by atoms with Crippen molar-refractivity contribution in [2.45, 2.75) is 103 Å². The summed E-state index contributed by atoms with van der Waals surface area (Å²) in [5.74, 6) is 1.94. The average molecular weight is 373 g/mol. The van der Waals surface area contributed by atoms with Gasteiger partial charge in [0.1, 0.15) is 0 Å². The molecule has 2 aliphatic carbocycles. The Morgan fingerprint density at radius 3 is 2.04 bits per heavy atom. The van der Waals surface area contributed by atoms with Gasteiger partial charge in [0.25, 0.3) is 6.43 Å². The summed E-state index contributed by atoms with van der Waals surface area (Å²) in [6.45, 7) is 1.52. The van der Waals surface area contributed by atoms with Gasteiger partial charge >= 0.3 is 5.97 Å². The first-order chi connectivity index (χ1) is 12.6. The van der Waals surface area contributed by atoms with Gasteiger partial charge in [0, 0.05) is 0 Å².